The Bertz CT molecular complexity index is 450. The van der Waals surface area contributed by atoms with Gasteiger partial charge in [0.1, 0.15) is 5.54 Å². The van der Waals surface area contributed by atoms with Crippen molar-refractivity contribution in [3.63, 3.8) is 0 Å². The van der Waals surface area contributed by atoms with E-state index in [-0.39, 0.29) is 18.4 Å². The number of nitrogens with zero attached hydrogens (tertiary/aromatic N) is 1. The van der Waals surface area contributed by atoms with E-state index in [1.54, 1.807) is 4.90 Å². The van der Waals surface area contributed by atoms with Crippen molar-refractivity contribution in [3.8, 4) is 0 Å². The molecule has 5 unspecified atom stereocenters. The molecule has 0 radical (unpaired) electrons. The van der Waals surface area contributed by atoms with Gasteiger partial charge < -0.3 is 15.7 Å². The van der Waals surface area contributed by atoms with Gasteiger partial charge in [0.2, 0.25) is 5.91 Å². The number of likely N-dealkylation sites (tertiary alicyclic amines) is 1. The molecular weight excluding hydrogens is 244 g/mol. The number of aliphatic carboxylic acids is 1. The Labute approximate surface area is 112 Å². The second-order valence-corrected chi connectivity index (χ2v) is 6.98. The van der Waals surface area contributed by atoms with Crippen LogP contribution in [0.4, 0.5) is 0 Å². The highest BCUT2D eigenvalue weighted by molar-refractivity contribution is 5.86. The first-order valence-electron chi connectivity index (χ1n) is 7.32. The predicted octanol–water partition coefficient (Wildman–Crippen LogP) is 0.293. The van der Waals surface area contributed by atoms with Crippen LogP contribution in [0.5, 0.6) is 0 Å². The fourth-order valence-electron chi connectivity index (χ4n) is 5.06. The largest absolute Gasteiger partial charge is 0.480 e. The summed E-state index contributed by atoms with van der Waals surface area (Å²) in [5.74, 6) is 2.16. The lowest BCUT2D eigenvalue weighted by Gasteiger charge is -2.21. The maximum atomic E-state index is 12.5. The van der Waals surface area contributed by atoms with Crippen molar-refractivity contribution >= 4 is 11.9 Å². The van der Waals surface area contributed by atoms with Gasteiger partial charge in [-0.25, -0.2) is 0 Å². The van der Waals surface area contributed by atoms with Crippen LogP contribution in [0.3, 0.4) is 0 Å². The zero-order valence-corrected chi connectivity index (χ0v) is 10.9. The highest BCUT2D eigenvalue weighted by Crippen LogP contribution is 2.69. The molecule has 3 aliphatic carbocycles. The average Bonchev–Trinajstić information content (AvgIpc) is 2.74. The van der Waals surface area contributed by atoms with E-state index in [0.29, 0.717) is 24.8 Å². The Balaban J connectivity index is 1.45. The Morgan fingerprint density at radius 3 is 2.37 bits per heavy atom. The van der Waals surface area contributed by atoms with E-state index in [9.17, 15) is 9.59 Å². The number of fused-ring (bicyclic) bond motifs is 5. The second kappa shape index (κ2) is 3.51. The molecule has 3 N–H and O–H groups in total. The first-order valence-corrected chi connectivity index (χ1v) is 7.32. The molecule has 1 saturated heterocycles. The molecule has 19 heavy (non-hydrogen) atoms. The molecule has 4 aliphatic rings. The molecule has 0 aromatic carbocycles. The minimum absolute atomic E-state index is 0.181. The van der Waals surface area contributed by atoms with Crippen molar-refractivity contribution < 1.29 is 14.7 Å². The Kier molecular flexibility index (Phi) is 2.16. The molecule has 3 saturated carbocycles. The van der Waals surface area contributed by atoms with E-state index in [2.05, 4.69) is 0 Å². The van der Waals surface area contributed by atoms with E-state index in [1.807, 2.05) is 0 Å². The highest BCUT2D eigenvalue weighted by atomic mass is 16.4. The van der Waals surface area contributed by atoms with Gasteiger partial charge in [0.25, 0.3) is 0 Å². The van der Waals surface area contributed by atoms with Gasteiger partial charge in [-0.1, -0.05) is 0 Å². The molecule has 4 fully saturated rings. The van der Waals surface area contributed by atoms with Crippen LogP contribution >= 0.6 is 0 Å². The third kappa shape index (κ3) is 1.45. The number of hydrogen-bond donors (Lipinski definition) is 2. The van der Waals surface area contributed by atoms with E-state index in [0.717, 1.165) is 11.8 Å². The monoisotopic (exact) mass is 264 g/mol. The Morgan fingerprint density at radius 2 is 1.84 bits per heavy atom. The first-order chi connectivity index (χ1) is 9.01. The Morgan fingerprint density at radius 1 is 1.21 bits per heavy atom. The summed E-state index contributed by atoms with van der Waals surface area (Å²) in [7, 11) is 0. The molecule has 0 aromatic heterocycles. The second-order valence-electron chi connectivity index (χ2n) is 6.98. The van der Waals surface area contributed by atoms with Gasteiger partial charge in [0.15, 0.2) is 0 Å². The van der Waals surface area contributed by atoms with Crippen LogP contribution < -0.4 is 5.73 Å². The SMILES string of the molecule is NC1(C(=O)O)CCN(C(=O)C2C3C4CCC(C4)C23)C1. The topological polar surface area (TPSA) is 83.6 Å². The minimum atomic E-state index is -1.22. The van der Waals surface area contributed by atoms with E-state index < -0.39 is 11.5 Å². The zero-order chi connectivity index (χ0) is 13.4. The van der Waals surface area contributed by atoms with Crippen LogP contribution in [-0.4, -0.2) is 40.5 Å². The van der Waals surface area contributed by atoms with Crippen LogP contribution in [0, 0.1) is 29.6 Å². The van der Waals surface area contributed by atoms with Gasteiger partial charge in [-0.15, -0.1) is 0 Å². The van der Waals surface area contributed by atoms with Gasteiger partial charge in [-0.05, 0) is 49.4 Å². The normalized spacial score (nSPS) is 50.4. The summed E-state index contributed by atoms with van der Waals surface area (Å²) < 4.78 is 0. The fourth-order valence-corrected chi connectivity index (χ4v) is 5.06. The van der Waals surface area contributed by atoms with Crippen LogP contribution in [0.1, 0.15) is 25.7 Å². The molecule has 5 heteroatoms. The summed E-state index contributed by atoms with van der Waals surface area (Å²) >= 11 is 0. The van der Waals surface area contributed by atoms with Gasteiger partial charge in [-0.2, -0.15) is 0 Å². The summed E-state index contributed by atoms with van der Waals surface area (Å²) in [6.45, 7) is 0.694. The van der Waals surface area contributed by atoms with Crippen molar-refractivity contribution in [1.82, 2.24) is 4.90 Å². The quantitative estimate of drug-likeness (QED) is 0.751. The van der Waals surface area contributed by atoms with Crippen molar-refractivity contribution in [2.24, 2.45) is 35.3 Å². The Hall–Kier alpha value is -1.10. The lowest BCUT2D eigenvalue weighted by molar-refractivity contribution is -0.143. The minimum Gasteiger partial charge on any atom is -0.480 e. The summed E-state index contributed by atoms with van der Waals surface area (Å²) in [5.41, 5.74) is 4.62. The fraction of sp³-hybridized carbons (Fsp3) is 0.857. The number of nitrogens with two attached hydrogens (primary N) is 1. The van der Waals surface area contributed by atoms with Crippen molar-refractivity contribution in [2.45, 2.75) is 31.2 Å². The molecule has 1 aliphatic heterocycles. The van der Waals surface area contributed by atoms with E-state index in [1.165, 1.54) is 19.3 Å². The number of carbonyl (C=O) groups is 2. The van der Waals surface area contributed by atoms with E-state index in [4.69, 9.17) is 10.8 Å². The van der Waals surface area contributed by atoms with Crippen LogP contribution in [0.25, 0.3) is 0 Å². The lowest BCUT2D eigenvalue weighted by Crippen LogP contribution is -2.50. The van der Waals surface area contributed by atoms with Crippen molar-refractivity contribution in [1.29, 1.82) is 0 Å². The molecule has 104 valence electrons. The molecule has 2 bridgehead atoms. The number of hydrogen-bond acceptors (Lipinski definition) is 3. The lowest BCUT2D eigenvalue weighted by atomic mass is 10.0. The summed E-state index contributed by atoms with van der Waals surface area (Å²) in [5, 5.41) is 9.12. The van der Waals surface area contributed by atoms with Gasteiger partial charge in [0.05, 0.1) is 0 Å². The number of rotatable bonds is 2. The number of amides is 1. The van der Waals surface area contributed by atoms with Crippen molar-refractivity contribution in [2.75, 3.05) is 13.1 Å². The molecule has 5 nitrogen and oxygen atoms in total. The average molecular weight is 264 g/mol. The molecule has 4 rings (SSSR count). The number of carboxylic acid groups (broad SMARTS) is 1. The van der Waals surface area contributed by atoms with Gasteiger partial charge in [-0.3, -0.25) is 9.59 Å². The molecule has 5 atom stereocenters. The van der Waals surface area contributed by atoms with Crippen LogP contribution in [0.2, 0.25) is 0 Å². The smallest absolute Gasteiger partial charge is 0.325 e. The molecule has 1 amide bonds. The highest BCUT2D eigenvalue weighted by Gasteiger charge is 2.68. The number of carboxylic acids is 1. The van der Waals surface area contributed by atoms with E-state index >= 15 is 0 Å². The third-order valence-corrected chi connectivity index (χ3v) is 6.06. The third-order valence-electron chi connectivity index (χ3n) is 6.06. The van der Waals surface area contributed by atoms with Gasteiger partial charge >= 0.3 is 5.97 Å². The van der Waals surface area contributed by atoms with Crippen LogP contribution in [0.15, 0.2) is 0 Å². The standard InChI is InChI=1S/C14H20N2O3/c15-14(13(18)19)3-4-16(6-14)12(17)11-9-7-1-2-8(5-7)10(9)11/h7-11H,1-6,15H2,(H,18,19). The molecule has 0 aromatic rings. The maximum absolute atomic E-state index is 12.5. The van der Waals surface area contributed by atoms with Crippen molar-refractivity contribution in [3.05, 3.63) is 0 Å². The first kappa shape index (κ1) is 11.7. The molecule has 1 heterocycles. The van der Waals surface area contributed by atoms with Gasteiger partial charge in [0, 0.05) is 19.0 Å². The molecule has 0 spiro atoms. The summed E-state index contributed by atoms with van der Waals surface area (Å²) in [4.78, 5) is 25.4. The number of carbonyl (C=O) groups excluding carboxylic acids is 1. The maximum Gasteiger partial charge on any atom is 0.325 e. The summed E-state index contributed by atoms with van der Waals surface area (Å²) in [6.07, 6.45) is 4.30. The molecular formula is C14H20N2O3. The van der Waals surface area contributed by atoms with Crippen LogP contribution in [-0.2, 0) is 9.59 Å². The summed E-state index contributed by atoms with van der Waals surface area (Å²) in [6, 6.07) is 0. The zero-order valence-electron chi connectivity index (χ0n) is 10.9. The predicted molar refractivity (Wildman–Crippen MR) is 67.1 cm³/mol.